The molecule has 2 aliphatic heterocycles. The number of carbonyl (C=O) groups excluding carboxylic acids is 1. The average Bonchev–Trinajstić information content (AvgIpc) is 2.40. The maximum absolute atomic E-state index is 12.5. The molecule has 0 aromatic rings. The van der Waals surface area contributed by atoms with Crippen molar-refractivity contribution < 1.29 is 4.79 Å². The quantitative estimate of drug-likeness (QED) is 0.748. The van der Waals surface area contributed by atoms with Crippen LogP contribution in [0.25, 0.3) is 0 Å². The molecule has 96 valence electrons. The van der Waals surface area contributed by atoms with E-state index in [0.717, 1.165) is 32.6 Å². The van der Waals surface area contributed by atoms with Gasteiger partial charge in [-0.3, -0.25) is 0 Å². The van der Waals surface area contributed by atoms with Crippen molar-refractivity contribution in [3.05, 3.63) is 0 Å². The lowest BCUT2D eigenvalue weighted by Crippen LogP contribution is -2.63. The number of fused-ring (bicyclic) bond motifs is 1. The lowest BCUT2D eigenvalue weighted by molar-refractivity contribution is 0.0602. The first-order chi connectivity index (χ1) is 8.36. The average molecular weight is 237 g/mol. The largest absolute Gasteiger partial charge is 0.322 e. The topological polar surface area (TPSA) is 35.6 Å². The number of piperazine rings is 1. The van der Waals surface area contributed by atoms with Crippen LogP contribution < -0.4 is 5.32 Å². The molecule has 3 rings (SSSR count). The molecule has 2 heterocycles. The summed E-state index contributed by atoms with van der Waals surface area (Å²) in [6, 6.07) is 1.30. The SMILES string of the molecule is O=C1N(C2CCCCC2)CCC2CNCCN12. The Hall–Kier alpha value is -0.770. The predicted molar refractivity (Wildman–Crippen MR) is 67.0 cm³/mol. The van der Waals surface area contributed by atoms with Gasteiger partial charge < -0.3 is 15.1 Å². The van der Waals surface area contributed by atoms with Crippen LogP contribution in [0.5, 0.6) is 0 Å². The molecule has 0 bridgehead atoms. The van der Waals surface area contributed by atoms with Crippen LogP contribution in [0.2, 0.25) is 0 Å². The Morgan fingerprint density at radius 1 is 0.941 bits per heavy atom. The standard InChI is InChI=1S/C13H23N3O/c17-13-15(11-4-2-1-3-5-11)8-6-12-10-14-7-9-16(12)13/h11-12,14H,1-10H2. The summed E-state index contributed by atoms with van der Waals surface area (Å²) < 4.78 is 0. The molecule has 17 heavy (non-hydrogen) atoms. The van der Waals surface area contributed by atoms with Crippen molar-refractivity contribution >= 4 is 6.03 Å². The van der Waals surface area contributed by atoms with E-state index in [1.165, 1.54) is 32.1 Å². The van der Waals surface area contributed by atoms with Gasteiger partial charge >= 0.3 is 6.03 Å². The van der Waals surface area contributed by atoms with Crippen molar-refractivity contribution in [1.82, 2.24) is 15.1 Å². The second-order valence-electron chi connectivity index (χ2n) is 5.61. The molecule has 1 atom stereocenters. The second-order valence-corrected chi connectivity index (χ2v) is 5.61. The van der Waals surface area contributed by atoms with Gasteiger partial charge in [-0.25, -0.2) is 4.79 Å². The maximum atomic E-state index is 12.5. The molecule has 4 heteroatoms. The molecule has 2 amide bonds. The van der Waals surface area contributed by atoms with E-state index in [9.17, 15) is 4.79 Å². The molecule has 1 N–H and O–H groups in total. The van der Waals surface area contributed by atoms with E-state index in [4.69, 9.17) is 0 Å². The fourth-order valence-corrected chi connectivity index (χ4v) is 3.55. The summed E-state index contributed by atoms with van der Waals surface area (Å²) in [5.74, 6) is 0. The van der Waals surface area contributed by atoms with E-state index >= 15 is 0 Å². The Morgan fingerprint density at radius 3 is 2.53 bits per heavy atom. The van der Waals surface area contributed by atoms with E-state index < -0.39 is 0 Å². The van der Waals surface area contributed by atoms with Crippen molar-refractivity contribution in [1.29, 1.82) is 0 Å². The smallest absolute Gasteiger partial charge is 0.320 e. The predicted octanol–water partition coefficient (Wildman–Crippen LogP) is 1.42. The third-order valence-electron chi connectivity index (χ3n) is 4.56. The van der Waals surface area contributed by atoms with Crippen molar-refractivity contribution in [3.8, 4) is 0 Å². The highest BCUT2D eigenvalue weighted by atomic mass is 16.2. The van der Waals surface area contributed by atoms with Crippen LogP contribution in [0.3, 0.4) is 0 Å². The summed E-state index contributed by atoms with van der Waals surface area (Å²) in [5, 5.41) is 3.39. The summed E-state index contributed by atoms with van der Waals surface area (Å²) in [5.41, 5.74) is 0. The van der Waals surface area contributed by atoms with Crippen LogP contribution in [0.4, 0.5) is 4.79 Å². The van der Waals surface area contributed by atoms with Gasteiger partial charge in [0.25, 0.3) is 0 Å². The van der Waals surface area contributed by atoms with Gasteiger partial charge in [0, 0.05) is 38.3 Å². The first-order valence-corrected chi connectivity index (χ1v) is 7.14. The molecule has 2 saturated heterocycles. The van der Waals surface area contributed by atoms with Crippen LogP contribution >= 0.6 is 0 Å². The second kappa shape index (κ2) is 4.84. The Balaban J connectivity index is 1.67. The van der Waals surface area contributed by atoms with Crippen LogP contribution in [0.1, 0.15) is 38.5 Å². The molecule has 1 unspecified atom stereocenters. The normalized spacial score (nSPS) is 31.5. The zero-order chi connectivity index (χ0) is 11.7. The Kier molecular flexibility index (Phi) is 3.23. The number of carbonyl (C=O) groups is 1. The number of amides is 2. The van der Waals surface area contributed by atoms with Crippen molar-refractivity contribution in [2.75, 3.05) is 26.2 Å². The number of hydrogen-bond acceptors (Lipinski definition) is 2. The molecular formula is C13H23N3O. The van der Waals surface area contributed by atoms with Gasteiger partial charge in [0.15, 0.2) is 0 Å². The molecule has 0 radical (unpaired) electrons. The molecule has 3 fully saturated rings. The van der Waals surface area contributed by atoms with E-state index in [2.05, 4.69) is 15.1 Å². The highest BCUT2D eigenvalue weighted by Gasteiger charge is 2.37. The molecule has 0 aromatic heterocycles. The van der Waals surface area contributed by atoms with Crippen LogP contribution in [-0.4, -0.2) is 54.1 Å². The molecule has 0 aromatic carbocycles. The van der Waals surface area contributed by atoms with Crippen molar-refractivity contribution in [3.63, 3.8) is 0 Å². The van der Waals surface area contributed by atoms with E-state index in [0.29, 0.717) is 18.1 Å². The summed E-state index contributed by atoms with van der Waals surface area (Å²) in [6.45, 7) is 3.82. The summed E-state index contributed by atoms with van der Waals surface area (Å²) in [6.07, 6.45) is 7.56. The maximum Gasteiger partial charge on any atom is 0.320 e. The lowest BCUT2D eigenvalue weighted by Gasteiger charge is -2.47. The number of rotatable bonds is 1. The monoisotopic (exact) mass is 237 g/mol. The molecule has 1 saturated carbocycles. The Labute approximate surface area is 103 Å². The van der Waals surface area contributed by atoms with E-state index in [1.807, 2.05) is 0 Å². The van der Waals surface area contributed by atoms with Gasteiger partial charge in [0.2, 0.25) is 0 Å². The van der Waals surface area contributed by atoms with Crippen molar-refractivity contribution in [2.45, 2.75) is 50.6 Å². The number of nitrogens with zero attached hydrogens (tertiary/aromatic N) is 2. The molecule has 0 spiro atoms. The van der Waals surface area contributed by atoms with E-state index in [1.54, 1.807) is 0 Å². The molecule has 4 nitrogen and oxygen atoms in total. The van der Waals surface area contributed by atoms with Crippen LogP contribution in [0.15, 0.2) is 0 Å². The number of urea groups is 1. The summed E-state index contributed by atoms with van der Waals surface area (Å²) in [7, 11) is 0. The minimum atomic E-state index is 0.314. The van der Waals surface area contributed by atoms with Gasteiger partial charge in [-0.15, -0.1) is 0 Å². The first-order valence-electron chi connectivity index (χ1n) is 7.14. The van der Waals surface area contributed by atoms with Gasteiger partial charge in [0.1, 0.15) is 0 Å². The van der Waals surface area contributed by atoms with Gasteiger partial charge in [-0.1, -0.05) is 19.3 Å². The van der Waals surface area contributed by atoms with Crippen LogP contribution in [-0.2, 0) is 0 Å². The number of hydrogen-bond donors (Lipinski definition) is 1. The summed E-state index contributed by atoms with van der Waals surface area (Å²) in [4.78, 5) is 16.8. The van der Waals surface area contributed by atoms with Crippen molar-refractivity contribution in [2.24, 2.45) is 0 Å². The van der Waals surface area contributed by atoms with Gasteiger partial charge in [0.05, 0.1) is 0 Å². The zero-order valence-corrected chi connectivity index (χ0v) is 10.5. The minimum absolute atomic E-state index is 0.314. The van der Waals surface area contributed by atoms with Crippen LogP contribution in [0, 0.1) is 0 Å². The summed E-state index contributed by atoms with van der Waals surface area (Å²) >= 11 is 0. The molecule has 3 aliphatic rings. The minimum Gasteiger partial charge on any atom is -0.322 e. The Bertz CT molecular complexity index is 288. The third-order valence-corrected chi connectivity index (χ3v) is 4.56. The highest BCUT2D eigenvalue weighted by molar-refractivity contribution is 5.76. The third kappa shape index (κ3) is 2.15. The lowest BCUT2D eigenvalue weighted by atomic mass is 9.93. The highest BCUT2D eigenvalue weighted by Crippen LogP contribution is 2.27. The van der Waals surface area contributed by atoms with Gasteiger partial charge in [-0.2, -0.15) is 0 Å². The van der Waals surface area contributed by atoms with E-state index in [-0.39, 0.29) is 0 Å². The zero-order valence-electron chi connectivity index (χ0n) is 10.5. The van der Waals surface area contributed by atoms with Gasteiger partial charge in [-0.05, 0) is 19.3 Å². The fraction of sp³-hybridized carbons (Fsp3) is 0.923. The fourth-order valence-electron chi connectivity index (χ4n) is 3.55. The Morgan fingerprint density at radius 2 is 1.71 bits per heavy atom. The number of nitrogens with one attached hydrogen (secondary N) is 1. The first kappa shape index (κ1) is 11.3. The molecule has 1 aliphatic carbocycles. The molecular weight excluding hydrogens is 214 g/mol.